The molecule has 0 saturated heterocycles. The number of carbonyl (C=O) groups is 2. The molecule has 0 aliphatic carbocycles. The molecule has 0 spiro atoms. The molecule has 0 bridgehead atoms. The number of Topliss-reactive ketones (excluding diaryl/α,β-unsaturated/α-hetero) is 1. The molecule has 0 radical (unpaired) electrons. The summed E-state index contributed by atoms with van der Waals surface area (Å²) in [5.74, 6) is 0.532. The Balaban J connectivity index is 2.68. The van der Waals surface area contributed by atoms with Gasteiger partial charge in [0.15, 0.2) is 5.78 Å². The van der Waals surface area contributed by atoms with Crippen LogP contribution in [0.15, 0.2) is 18.2 Å². The minimum atomic E-state index is -0.279. The molecule has 4 heteroatoms. The smallest absolute Gasteiger partial charge is 0.305 e. The second-order valence-electron chi connectivity index (χ2n) is 4.23. The van der Waals surface area contributed by atoms with Crippen LogP contribution in [-0.2, 0) is 16.0 Å². The molecule has 0 unspecified atom stereocenters. The van der Waals surface area contributed by atoms with Gasteiger partial charge in [-0.1, -0.05) is 6.92 Å². The lowest BCUT2D eigenvalue weighted by molar-refractivity contribution is -0.140. The summed E-state index contributed by atoms with van der Waals surface area (Å²) in [7, 11) is 2.95. The first kappa shape index (κ1) is 15.2. The van der Waals surface area contributed by atoms with Crippen LogP contribution in [0.4, 0.5) is 0 Å². The summed E-state index contributed by atoms with van der Waals surface area (Å²) in [6, 6.07) is 5.46. The summed E-state index contributed by atoms with van der Waals surface area (Å²) in [6.07, 6.45) is 1.92. The monoisotopic (exact) mass is 264 g/mol. The molecule has 0 atom stereocenters. The van der Waals surface area contributed by atoms with Crippen molar-refractivity contribution in [1.82, 2.24) is 0 Å². The van der Waals surface area contributed by atoms with Gasteiger partial charge in [0.05, 0.1) is 14.2 Å². The summed E-state index contributed by atoms with van der Waals surface area (Å²) in [5.41, 5.74) is 1.69. The second-order valence-corrected chi connectivity index (χ2v) is 4.23. The molecular weight excluding hydrogens is 244 g/mol. The van der Waals surface area contributed by atoms with Crippen LogP contribution in [0.3, 0.4) is 0 Å². The highest BCUT2D eigenvalue weighted by atomic mass is 16.5. The normalized spacial score (nSPS) is 10.1. The first-order valence-electron chi connectivity index (χ1n) is 6.39. The molecular formula is C15H20O4. The van der Waals surface area contributed by atoms with Crippen LogP contribution in [0, 0.1) is 0 Å². The van der Waals surface area contributed by atoms with Crippen molar-refractivity contribution in [3.63, 3.8) is 0 Å². The highest BCUT2D eigenvalue weighted by Crippen LogP contribution is 2.20. The Morgan fingerprint density at radius 3 is 2.47 bits per heavy atom. The van der Waals surface area contributed by atoms with Gasteiger partial charge in [-0.2, -0.15) is 0 Å². The van der Waals surface area contributed by atoms with Gasteiger partial charge in [-0.15, -0.1) is 0 Å². The fraction of sp³-hybridized carbons (Fsp3) is 0.467. The quantitative estimate of drug-likeness (QED) is 0.561. The SMILES string of the molecule is CCc1cc(OC)ccc1C(=O)CCCC(=O)OC. The molecule has 19 heavy (non-hydrogen) atoms. The van der Waals surface area contributed by atoms with Crippen LogP contribution >= 0.6 is 0 Å². The Labute approximate surface area is 113 Å². The first-order valence-corrected chi connectivity index (χ1v) is 6.39. The van der Waals surface area contributed by atoms with Crippen molar-refractivity contribution in [2.75, 3.05) is 14.2 Å². The minimum absolute atomic E-state index is 0.0587. The van der Waals surface area contributed by atoms with E-state index in [9.17, 15) is 9.59 Å². The number of ether oxygens (including phenoxy) is 2. The molecule has 0 heterocycles. The van der Waals surface area contributed by atoms with Crippen molar-refractivity contribution >= 4 is 11.8 Å². The molecule has 0 aromatic heterocycles. The number of methoxy groups -OCH3 is 2. The number of carbonyl (C=O) groups excluding carboxylic acids is 2. The van der Waals surface area contributed by atoms with Gasteiger partial charge in [0.25, 0.3) is 0 Å². The average Bonchev–Trinajstić information content (AvgIpc) is 2.45. The number of esters is 1. The maximum Gasteiger partial charge on any atom is 0.305 e. The van der Waals surface area contributed by atoms with E-state index in [1.165, 1.54) is 7.11 Å². The highest BCUT2D eigenvalue weighted by Gasteiger charge is 2.12. The van der Waals surface area contributed by atoms with E-state index >= 15 is 0 Å². The highest BCUT2D eigenvalue weighted by molar-refractivity contribution is 5.97. The maximum absolute atomic E-state index is 12.1. The number of hydrogen-bond acceptors (Lipinski definition) is 4. The third kappa shape index (κ3) is 4.39. The lowest BCUT2D eigenvalue weighted by Crippen LogP contribution is -2.06. The van der Waals surface area contributed by atoms with Gasteiger partial charge in [0.2, 0.25) is 0 Å². The van der Waals surface area contributed by atoms with Crippen LogP contribution in [0.2, 0.25) is 0 Å². The van der Waals surface area contributed by atoms with Gasteiger partial charge in [-0.3, -0.25) is 9.59 Å². The number of ketones is 1. The van der Waals surface area contributed by atoms with Gasteiger partial charge >= 0.3 is 5.97 Å². The Hall–Kier alpha value is -1.84. The average molecular weight is 264 g/mol. The predicted octanol–water partition coefficient (Wildman–Crippen LogP) is 2.78. The van der Waals surface area contributed by atoms with E-state index in [2.05, 4.69) is 4.74 Å². The van der Waals surface area contributed by atoms with E-state index < -0.39 is 0 Å². The molecule has 1 rings (SSSR count). The topological polar surface area (TPSA) is 52.6 Å². The third-order valence-corrected chi connectivity index (χ3v) is 3.01. The minimum Gasteiger partial charge on any atom is -0.497 e. The molecule has 0 fully saturated rings. The summed E-state index contributed by atoms with van der Waals surface area (Å²) in [6.45, 7) is 2.00. The lowest BCUT2D eigenvalue weighted by atomic mass is 9.98. The van der Waals surface area contributed by atoms with Gasteiger partial charge < -0.3 is 9.47 Å². The molecule has 1 aromatic rings. The number of benzene rings is 1. The zero-order valence-corrected chi connectivity index (χ0v) is 11.7. The summed E-state index contributed by atoms with van der Waals surface area (Å²) in [4.78, 5) is 23.1. The van der Waals surface area contributed by atoms with Crippen molar-refractivity contribution in [2.45, 2.75) is 32.6 Å². The van der Waals surface area contributed by atoms with Crippen LogP contribution in [0.1, 0.15) is 42.1 Å². The van der Waals surface area contributed by atoms with E-state index in [4.69, 9.17) is 4.74 Å². The zero-order valence-electron chi connectivity index (χ0n) is 11.7. The Morgan fingerprint density at radius 2 is 1.89 bits per heavy atom. The fourth-order valence-electron chi connectivity index (χ4n) is 1.89. The van der Waals surface area contributed by atoms with Crippen molar-refractivity contribution in [3.05, 3.63) is 29.3 Å². The lowest BCUT2D eigenvalue weighted by Gasteiger charge is -2.09. The number of rotatable bonds is 7. The van der Waals surface area contributed by atoms with E-state index in [0.717, 1.165) is 17.7 Å². The fourth-order valence-corrected chi connectivity index (χ4v) is 1.89. The van der Waals surface area contributed by atoms with E-state index in [-0.39, 0.29) is 18.2 Å². The Morgan fingerprint density at radius 1 is 1.16 bits per heavy atom. The van der Waals surface area contributed by atoms with E-state index in [1.807, 2.05) is 13.0 Å². The van der Waals surface area contributed by atoms with Crippen molar-refractivity contribution in [3.8, 4) is 5.75 Å². The molecule has 1 aromatic carbocycles. The number of aryl methyl sites for hydroxylation is 1. The molecule has 0 aliphatic heterocycles. The summed E-state index contributed by atoms with van der Waals surface area (Å²) in [5, 5.41) is 0. The molecule has 104 valence electrons. The van der Waals surface area contributed by atoms with Crippen LogP contribution in [-0.4, -0.2) is 26.0 Å². The number of hydrogen-bond donors (Lipinski definition) is 0. The van der Waals surface area contributed by atoms with Gasteiger partial charge in [0.1, 0.15) is 5.75 Å². The second kappa shape index (κ2) is 7.56. The molecule has 0 aliphatic rings. The Kier molecular flexibility index (Phi) is 6.06. The van der Waals surface area contributed by atoms with Gasteiger partial charge in [-0.25, -0.2) is 0 Å². The van der Waals surface area contributed by atoms with E-state index in [1.54, 1.807) is 19.2 Å². The molecule has 0 saturated carbocycles. The molecule has 0 N–H and O–H groups in total. The largest absolute Gasteiger partial charge is 0.497 e. The van der Waals surface area contributed by atoms with Crippen molar-refractivity contribution in [1.29, 1.82) is 0 Å². The third-order valence-electron chi connectivity index (χ3n) is 3.01. The van der Waals surface area contributed by atoms with E-state index in [0.29, 0.717) is 18.4 Å². The molecule has 0 amide bonds. The summed E-state index contributed by atoms with van der Waals surface area (Å²) < 4.78 is 9.69. The van der Waals surface area contributed by atoms with Crippen LogP contribution in [0.5, 0.6) is 5.75 Å². The van der Waals surface area contributed by atoms with Crippen LogP contribution < -0.4 is 4.74 Å². The Bertz CT molecular complexity index is 451. The summed E-state index contributed by atoms with van der Waals surface area (Å²) >= 11 is 0. The zero-order chi connectivity index (χ0) is 14.3. The van der Waals surface area contributed by atoms with Crippen molar-refractivity contribution in [2.24, 2.45) is 0 Å². The van der Waals surface area contributed by atoms with Gasteiger partial charge in [0, 0.05) is 18.4 Å². The van der Waals surface area contributed by atoms with Crippen molar-refractivity contribution < 1.29 is 19.1 Å². The maximum atomic E-state index is 12.1. The standard InChI is InChI=1S/C15H20O4/c1-4-11-10-12(18-2)8-9-13(11)14(16)6-5-7-15(17)19-3/h8-10H,4-7H2,1-3H3. The first-order chi connectivity index (χ1) is 9.12. The molecule has 4 nitrogen and oxygen atoms in total. The van der Waals surface area contributed by atoms with Crippen LogP contribution in [0.25, 0.3) is 0 Å². The predicted molar refractivity (Wildman–Crippen MR) is 72.6 cm³/mol. The van der Waals surface area contributed by atoms with Gasteiger partial charge in [-0.05, 0) is 36.6 Å².